The van der Waals surface area contributed by atoms with Crippen molar-refractivity contribution < 1.29 is 14.4 Å². The molecule has 1 aliphatic rings. The second-order valence-electron chi connectivity index (χ2n) is 5.51. The predicted octanol–water partition coefficient (Wildman–Crippen LogP) is 1.43. The molecule has 100 valence electrons. The fraction of sp³-hybridized carbons (Fsp3) is 0.692. The van der Waals surface area contributed by atoms with Gasteiger partial charge in [0.2, 0.25) is 0 Å². The van der Waals surface area contributed by atoms with Crippen molar-refractivity contribution in [1.29, 1.82) is 0 Å². The van der Waals surface area contributed by atoms with Crippen LogP contribution in [-0.4, -0.2) is 28.3 Å². The first-order chi connectivity index (χ1) is 8.37. The molecule has 2 atom stereocenters. The van der Waals surface area contributed by atoms with E-state index >= 15 is 0 Å². The highest BCUT2D eigenvalue weighted by Crippen LogP contribution is 2.40. The maximum Gasteiger partial charge on any atom is 0.257 e. The summed E-state index contributed by atoms with van der Waals surface area (Å²) in [6, 6.07) is -0.000920. The number of nitrogens with zero attached hydrogens (tertiary/aromatic N) is 1. The molecule has 0 saturated heterocycles. The third kappa shape index (κ3) is 1.92. The van der Waals surface area contributed by atoms with E-state index in [1.54, 1.807) is 6.92 Å². The van der Waals surface area contributed by atoms with Crippen molar-refractivity contribution >= 4 is 5.91 Å². The summed E-state index contributed by atoms with van der Waals surface area (Å²) in [5, 5.41) is 16.5. The molecule has 2 rings (SSSR count). The van der Waals surface area contributed by atoms with Crippen molar-refractivity contribution in [3.8, 4) is 0 Å². The second kappa shape index (κ2) is 4.39. The lowest BCUT2D eigenvalue weighted by molar-refractivity contribution is -0.0689. The topological polar surface area (TPSA) is 75.4 Å². The van der Waals surface area contributed by atoms with E-state index in [9.17, 15) is 9.90 Å². The fourth-order valence-electron chi connectivity index (χ4n) is 2.33. The smallest absolute Gasteiger partial charge is 0.257 e. The van der Waals surface area contributed by atoms with Crippen LogP contribution in [0.4, 0.5) is 0 Å². The molecular formula is C13H20N2O3. The Morgan fingerprint density at radius 3 is 2.78 bits per heavy atom. The molecule has 1 aromatic heterocycles. The summed E-state index contributed by atoms with van der Waals surface area (Å²) in [6.45, 7) is 7.58. The van der Waals surface area contributed by atoms with Crippen LogP contribution in [0.15, 0.2) is 4.52 Å². The standard InChI is InChI=1S/C13H20N2O3/c1-5-8-11(7(2)18-15-8)12(17)14-9-6-10(16)13(9,3)4/h9-10,16H,5-6H2,1-4H3,(H,14,17). The minimum absolute atomic E-state index is 0.000920. The molecule has 1 fully saturated rings. The predicted molar refractivity (Wildman–Crippen MR) is 66.3 cm³/mol. The monoisotopic (exact) mass is 252 g/mol. The molecule has 2 unspecified atom stereocenters. The van der Waals surface area contributed by atoms with Gasteiger partial charge in [0.25, 0.3) is 5.91 Å². The largest absolute Gasteiger partial charge is 0.392 e. The van der Waals surface area contributed by atoms with Crippen LogP contribution in [-0.2, 0) is 6.42 Å². The van der Waals surface area contributed by atoms with E-state index in [2.05, 4.69) is 10.5 Å². The quantitative estimate of drug-likeness (QED) is 0.853. The van der Waals surface area contributed by atoms with Gasteiger partial charge in [0.1, 0.15) is 11.3 Å². The third-order valence-corrected chi connectivity index (χ3v) is 4.02. The Labute approximate surface area is 107 Å². The van der Waals surface area contributed by atoms with E-state index in [0.29, 0.717) is 29.9 Å². The van der Waals surface area contributed by atoms with Gasteiger partial charge in [-0.3, -0.25) is 4.79 Å². The summed E-state index contributed by atoms with van der Waals surface area (Å²) in [6.07, 6.45) is 0.915. The molecular weight excluding hydrogens is 232 g/mol. The number of rotatable bonds is 3. The van der Waals surface area contributed by atoms with Gasteiger partial charge >= 0.3 is 0 Å². The SMILES string of the molecule is CCc1noc(C)c1C(=O)NC1CC(O)C1(C)C. The lowest BCUT2D eigenvalue weighted by Gasteiger charge is -2.49. The molecule has 0 spiro atoms. The average Bonchev–Trinajstić information content (AvgIpc) is 2.70. The molecule has 1 aromatic rings. The van der Waals surface area contributed by atoms with Crippen LogP contribution in [0.5, 0.6) is 0 Å². The number of hydrogen-bond acceptors (Lipinski definition) is 4. The van der Waals surface area contributed by atoms with E-state index < -0.39 is 0 Å². The van der Waals surface area contributed by atoms with Crippen molar-refractivity contribution in [3.05, 3.63) is 17.0 Å². The summed E-state index contributed by atoms with van der Waals surface area (Å²) >= 11 is 0. The van der Waals surface area contributed by atoms with Crippen molar-refractivity contribution in [2.75, 3.05) is 0 Å². The number of hydrogen-bond donors (Lipinski definition) is 2. The Hall–Kier alpha value is -1.36. The molecule has 0 aliphatic heterocycles. The highest BCUT2D eigenvalue weighted by Gasteiger charge is 2.48. The average molecular weight is 252 g/mol. The van der Waals surface area contributed by atoms with Gasteiger partial charge in [-0.05, 0) is 19.8 Å². The molecule has 5 heteroatoms. The Morgan fingerprint density at radius 2 is 2.28 bits per heavy atom. The molecule has 0 bridgehead atoms. The Bertz CT molecular complexity index is 465. The third-order valence-electron chi connectivity index (χ3n) is 4.02. The van der Waals surface area contributed by atoms with Crippen LogP contribution in [0, 0.1) is 12.3 Å². The highest BCUT2D eigenvalue weighted by atomic mass is 16.5. The molecule has 2 N–H and O–H groups in total. The van der Waals surface area contributed by atoms with Gasteiger partial charge in [-0.15, -0.1) is 0 Å². The first-order valence-corrected chi connectivity index (χ1v) is 6.32. The zero-order valence-corrected chi connectivity index (χ0v) is 11.3. The first kappa shape index (κ1) is 13.1. The summed E-state index contributed by atoms with van der Waals surface area (Å²) in [4.78, 5) is 12.2. The van der Waals surface area contributed by atoms with E-state index in [1.807, 2.05) is 20.8 Å². The zero-order chi connectivity index (χ0) is 13.5. The second-order valence-corrected chi connectivity index (χ2v) is 5.51. The van der Waals surface area contributed by atoms with Gasteiger partial charge in [0, 0.05) is 11.5 Å². The van der Waals surface area contributed by atoms with Gasteiger partial charge in [0.15, 0.2) is 0 Å². The zero-order valence-electron chi connectivity index (χ0n) is 11.3. The lowest BCUT2D eigenvalue weighted by Crippen LogP contribution is -2.61. The van der Waals surface area contributed by atoms with Crippen LogP contribution < -0.4 is 5.32 Å². The number of carbonyl (C=O) groups excluding carboxylic acids is 1. The van der Waals surface area contributed by atoms with Gasteiger partial charge in [0.05, 0.1) is 11.8 Å². The maximum atomic E-state index is 12.2. The number of amides is 1. The van der Waals surface area contributed by atoms with Crippen molar-refractivity contribution in [2.45, 2.75) is 52.7 Å². The number of aliphatic hydroxyl groups excluding tert-OH is 1. The molecule has 5 nitrogen and oxygen atoms in total. The van der Waals surface area contributed by atoms with E-state index in [1.165, 1.54) is 0 Å². The summed E-state index contributed by atoms with van der Waals surface area (Å²) in [7, 11) is 0. The number of carbonyl (C=O) groups is 1. The van der Waals surface area contributed by atoms with Crippen molar-refractivity contribution in [1.82, 2.24) is 10.5 Å². The number of aliphatic hydroxyl groups is 1. The lowest BCUT2D eigenvalue weighted by atomic mass is 9.64. The minimum Gasteiger partial charge on any atom is -0.392 e. The summed E-state index contributed by atoms with van der Waals surface area (Å²) in [5.74, 6) is 0.387. The first-order valence-electron chi connectivity index (χ1n) is 6.32. The van der Waals surface area contributed by atoms with Crippen molar-refractivity contribution in [2.24, 2.45) is 5.41 Å². The fourth-order valence-corrected chi connectivity index (χ4v) is 2.33. The van der Waals surface area contributed by atoms with E-state index in [0.717, 1.165) is 0 Å². The van der Waals surface area contributed by atoms with Crippen LogP contribution in [0.2, 0.25) is 0 Å². The van der Waals surface area contributed by atoms with Crippen LogP contribution in [0.25, 0.3) is 0 Å². The van der Waals surface area contributed by atoms with E-state index in [-0.39, 0.29) is 23.5 Å². The van der Waals surface area contributed by atoms with Crippen molar-refractivity contribution in [3.63, 3.8) is 0 Å². The molecule has 1 aliphatic carbocycles. The Balaban J connectivity index is 2.11. The van der Waals surface area contributed by atoms with E-state index in [4.69, 9.17) is 4.52 Å². The molecule has 1 saturated carbocycles. The molecule has 0 radical (unpaired) electrons. The normalized spacial score (nSPS) is 25.6. The van der Waals surface area contributed by atoms with Crippen LogP contribution >= 0.6 is 0 Å². The number of aromatic nitrogens is 1. The summed E-state index contributed by atoms with van der Waals surface area (Å²) < 4.78 is 5.05. The van der Waals surface area contributed by atoms with Crippen LogP contribution in [0.3, 0.4) is 0 Å². The Kier molecular flexibility index (Phi) is 3.19. The molecule has 18 heavy (non-hydrogen) atoms. The van der Waals surface area contributed by atoms with Gasteiger partial charge in [-0.25, -0.2) is 0 Å². The summed E-state index contributed by atoms with van der Waals surface area (Å²) in [5.41, 5.74) is 0.949. The molecule has 1 heterocycles. The minimum atomic E-state index is -0.350. The van der Waals surface area contributed by atoms with Gasteiger partial charge in [-0.2, -0.15) is 0 Å². The number of aryl methyl sites for hydroxylation is 2. The maximum absolute atomic E-state index is 12.2. The van der Waals surface area contributed by atoms with Gasteiger partial charge < -0.3 is 14.9 Å². The highest BCUT2D eigenvalue weighted by molar-refractivity contribution is 5.96. The molecule has 0 aromatic carbocycles. The Morgan fingerprint density at radius 1 is 1.61 bits per heavy atom. The number of nitrogens with one attached hydrogen (secondary N) is 1. The van der Waals surface area contributed by atoms with Gasteiger partial charge in [-0.1, -0.05) is 25.9 Å². The van der Waals surface area contributed by atoms with Crippen LogP contribution in [0.1, 0.15) is 49.0 Å². The molecule has 1 amide bonds.